The third-order valence-corrected chi connectivity index (χ3v) is 4.00. The molecule has 0 spiro atoms. The largest absolute Gasteiger partial charge is 0.375 e. The highest BCUT2D eigenvalue weighted by molar-refractivity contribution is 7.55. The van der Waals surface area contributed by atoms with Crippen molar-refractivity contribution in [3.05, 3.63) is 25.3 Å². The van der Waals surface area contributed by atoms with Crippen molar-refractivity contribution in [1.82, 2.24) is 0 Å². The molecular weight excluding hydrogens is 253 g/mol. The first-order chi connectivity index (χ1) is 8.68. The van der Waals surface area contributed by atoms with Crippen LogP contribution in [0, 0.1) is 0 Å². The summed E-state index contributed by atoms with van der Waals surface area (Å²) in [4.78, 5) is 0. The molecule has 0 heterocycles. The van der Waals surface area contributed by atoms with Gasteiger partial charge in [0, 0.05) is 13.7 Å². The number of ether oxygens (including phenoxy) is 2. The molecule has 0 atom stereocenters. The Morgan fingerprint density at radius 2 is 1.39 bits per heavy atom. The third-order valence-electron chi connectivity index (χ3n) is 1.95. The molecule has 0 aliphatic carbocycles. The van der Waals surface area contributed by atoms with Crippen LogP contribution in [0.2, 0.25) is 0 Å². The average molecular weight is 277 g/mol. The van der Waals surface area contributed by atoms with Crippen molar-refractivity contribution in [2.45, 2.75) is 0 Å². The molecule has 106 valence electrons. The summed E-state index contributed by atoms with van der Waals surface area (Å²) in [5, 5.41) is 0. The van der Waals surface area contributed by atoms with Crippen molar-refractivity contribution >= 4 is 7.51 Å². The maximum Gasteiger partial charge on any atom is 0.209 e. The van der Waals surface area contributed by atoms with Crippen LogP contribution in [0.15, 0.2) is 30.1 Å². The topological polar surface area (TPSA) is 49.3 Å². The van der Waals surface area contributed by atoms with E-state index >= 15 is 0 Å². The molecule has 18 heavy (non-hydrogen) atoms. The second-order valence-corrected chi connectivity index (χ2v) is 5.92. The van der Waals surface area contributed by atoms with E-state index in [1.807, 2.05) is 6.66 Å². The summed E-state index contributed by atoms with van der Waals surface area (Å²) in [7, 11) is -0.437. The van der Waals surface area contributed by atoms with Gasteiger partial charge in [0.1, 0.15) is 0 Å². The monoisotopic (exact) mass is 277 g/mol. The molecule has 6 heteroatoms. The van der Waals surface area contributed by atoms with Gasteiger partial charge in [0.2, 0.25) is 7.51 Å². The van der Waals surface area contributed by atoms with Crippen molar-refractivity contribution in [1.29, 1.82) is 0 Å². The molecule has 0 rings (SSSR count). The van der Waals surface area contributed by atoms with E-state index in [0.29, 0.717) is 39.6 Å². The van der Waals surface area contributed by atoms with E-state index in [1.165, 1.54) is 0 Å². The number of hydrogen-bond donors (Lipinski definition) is 0. The minimum absolute atomic E-state index is 0.461. The van der Waals surface area contributed by atoms with Gasteiger partial charge in [-0.1, -0.05) is 12.2 Å². The van der Waals surface area contributed by atoms with Gasteiger partial charge in [-0.15, -0.1) is 13.2 Å². The highest BCUT2D eigenvalue weighted by Gasteiger charge is 2.12. The SMILES string of the molecule is C=CCOCCOP(C)(=NC)OCCOCC=C. The standard InChI is InChI=1S/C12H24NO4P/c1-5-7-14-9-11-16-18(4,13-3)17-12-10-15-8-6-2/h5-6H,1-2,7-12H2,3-4H3. The van der Waals surface area contributed by atoms with Gasteiger partial charge >= 0.3 is 0 Å². The molecule has 0 unspecified atom stereocenters. The lowest BCUT2D eigenvalue weighted by Gasteiger charge is -2.19. The van der Waals surface area contributed by atoms with Gasteiger partial charge < -0.3 is 18.5 Å². The van der Waals surface area contributed by atoms with Gasteiger partial charge in [0.25, 0.3) is 0 Å². The summed E-state index contributed by atoms with van der Waals surface area (Å²) in [6.45, 7) is 12.0. The number of nitrogens with zero attached hydrogens (tertiary/aromatic N) is 1. The Kier molecular flexibility index (Phi) is 11.3. The van der Waals surface area contributed by atoms with E-state index in [-0.39, 0.29) is 0 Å². The minimum Gasteiger partial charge on any atom is -0.375 e. The first kappa shape index (κ1) is 17.6. The highest BCUT2D eigenvalue weighted by atomic mass is 31.2. The van der Waals surface area contributed by atoms with E-state index in [0.717, 1.165) is 0 Å². The molecular formula is C12H24NO4P. The lowest BCUT2D eigenvalue weighted by atomic mass is 10.7. The Balaban J connectivity index is 3.74. The summed E-state index contributed by atoms with van der Waals surface area (Å²) >= 11 is 0. The maximum atomic E-state index is 5.62. The molecule has 0 aromatic rings. The molecule has 0 saturated heterocycles. The van der Waals surface area contributed by atoms with Gasteiger partial charge in [-0.3, -0.25) is 4.74 Å². The summed E-state index contributed by atoms with van der Waals surface area (Å²) < 4.78 is 25.9. The molecule has 0 aliphatic heterocycles. The first-order valence-corrected chi connectivity index (χ1v) is 7.85. The van der Waals surface area contributed by atoms with Crippen LogP contribution >= 0.6 is 7.51 Å². The van der Waals surface area contributed by atoms with E-state index in [9.17, 15) is 0 Å². The minimum atomic E-state index is -2.13. The molecule has 0 radical (unpaired) electrons. The zero-order chi connectivity index (χ0) is 13.7. The van der Waals surface area contributed by atoms with E-state index < -0.39 is 7.51 Å². The number of rotatable bonds is 12. The molecule has 0 amide bonds. The summed E-state index contributed by atoms with van der Waals surface area (Å²) in [6, 6.07) is 0. The molecule has 5 nitrogen and oxygen atoms in total. The van der Waals surface area contributed by atoms with Crippen molar-refractivity contribution in [3.8, 4) is 0 Å². The van der Waals surface area contributed by atoms with Crippen LogP contribution < -0.4 is 0 Å². The highest BCUT2D eigenvalue weighted by Crippen LogP contribution is 2.47. The average Bonchev–Trinajstić information content (AvgIpc) is 2.38. The fraction of sp³-hybridized carbons (Fsp3) is 0.667. The van der Waals surface area contributed by atoms with Crippen LogP contribution in [0.5, 0.6) is 0 Å². The predicted octanol–water partition coefficient (Wildman–Crippen LogP) is 2.72. The van der Waals surface area contributed by atoms with Crippen LogP contribution in [0.3, 0.4) is 0 Å². The Bertz CT molecular complexity index is 259. The summed E-state index contributed by atoms with van der Waals surface area (Å²) in [5.74, 6) is 0. The normalized spacial score (nSPS) is 11.2. The van der Waals surface area contributed by atoms with Crippen molar-refractivity contribution in [2.24, 2.45) is 4.74 Å². The second-order valence-electron chi connectivity index (χ2n) is 3.40. The third kappa shape index (κ3) is 9.57. The van der Waals surface area contributed by atoms with Crippen LogP contribution in [-0.4, -0.2) is 53.4 Å². The van der Waals surface area contributed by atoms with Crippen LogP contribution in [0.25, 0.3) is 0 Å². The van der Waals surface area contributed by atoms with Crippen LogP contribution in [0.4, 0.5) is 0 Å². The van der Waals surface area contributed by atoms with E-state index in [1.54, 1.807) is 19.2 Å². The Morgan fingerprint density at radius 3 is 1.72 bits per heavy atom. The zero-order valence-corrected chi connectivity index (χ0v) is 12.2. The lowest BCUT2D eigenvalue weighted by Crippen LogP contribution is -2.07. The fourth-order valence-electron chi connectivity index (χ4n) is 1.02. The van der Waals surface area contributed by atoms with E-state index in [2.05, 4.69) is 17.9 Å². The summed E-state index contributed by atoms with van der Waals surface area (Å²) in [5.41, 5.74) is 0. The zero-order valence-electron chi connectivity index (χ0n) is 11.3. The van der Waals surface area contributed by atoms with Crippen molar-refractivity contribution in [3.63, 3.8) is 0 Å². The van der Waals surface area contributed by atoms with Crippen LogP contribution in [0.1, 0.15) is 0 Å². The molecule has 0 fully saturated rings. The van der Waals surface area contributed by atoms with Gasteiger partial charge in [-0.05, 0) is 0 Å². The molecule has 0 aromatic carbocycles. The Hall–Kier alpha value is -0.450. The van der Waals surface area contributed by atoms with Crippen LogP contribution in [-0.2, 0) is 18.5 Å². The molecule has 0 bridgehead atoms. The molecule has 0 N–H and O–H groups in total. The Labute approximate surface area is 110 Å². The lowest BCUT2D eigenvalue weighted by molar-refractivity contribution is 0.0990. The maximum absolute atomic E-state index is 5.62. The predicted molar refractivity (Wildman–Crippen MR) is 75.1 cm³/mol. The number of hydrogen-bond acceptors (Lipinski definition) is 5. The molecule has 0 saturated carbocycles. The van der Waals surface area contributed by atoms with Gasteiger partial charge in [0.15, 0.2) is 0 Å². The van der Waals surface area contributed by atoms with E-state index in [4.69, 9.17) is 18.5 Å². The second kappa shape index (κ2) is 11.6. The van der Waals surface area contributed by atoms with Gasteiger partial charge in [-0.2, -0.15) is 0 Å². The fourth-order valence-corrected chi connectivity index (χ4v) is 2.15. The van der Waals surface area contributed by atoms with Gasteiger partial charge in [-0.25, -0.2) is 0 Å². The first-order valence-electron chi connectivity index (χ1n) is 5.82. The molecule has 0 aromatic heterocycles. The Morgan fingerprint density at radius 1 is 0.944 bits per heavy atom. The molecule has 0 aliphatic rings. The quantitative estimate of drug-likeness (QED) is 0.313. The van der Waals surface area contributed by atoms with Gasteiger partial charge in [0.05, 0.1) is 39.6 Å². The summed E-state index contributed by atoms with van der Waals surface area (Å²) in [6.07, 6.45) is 3.40. The van der Waals surface area contributed by atoms with Crippen molar-refractivity contribution < 1.29 is 18.5 Å². The van der Waals surface area contributed by atoms with Crippen molar-refractivity contribution in [2.75, 3.05) is 53.4 Å². The smallest absolute Gasteiger partial charge is 0.209 e.